The van der Waals surface area contributed by atoms with E-state index in [4.69, 9.17) is 9.84 Å². The zero-order valence-electron chi connectivity index (χ0n) is 10.6. The quantitative estimate of drug-likeness (QED) is 0.496. The van der Waals surface area contributed by atoms with Crippen LogP contribution in [0.25, 0.3) is 11.2 Å². The molecule has 1 aliphatic rings. The van der Waals surface area contributed by atoms with Crippen molar-refractivity contribution < 1.29 is 20.1 Å². The van der Waals surface area contributed by atoms with Crippen molar-refractivity contribution in [1.82, 2.24) is 19.5 Å². The molecule has 0 spiro atoms. The number of aromatic nitrogens is 4. The normalized spacial score (nSPS) is 30.2. The van der Waals surface area contributed by atoms with Crippen LogP contribution in [-0.4, -0.2) is 66.0 Å². The second-order valence-corrected chi connectivity index (χ2v) is 5.23. The highest BCUT2D eigenvalue weighted by molar-refractivity contribution is 7.98. The van der Waals surface area contributed by atoms with Gasteiger partial charge in [-0.15, -0.1) is 11.8 Å². The summed E-state index contributed by atoms with van der Waals surface area (Å²) in [6, 6.07) is 0. The lowest BCUT2D eigenvalue weighted by molar-refractivity contribution is -0.0511. The van der Waals surface area contributed by atoms with E-state index in [9.17, 15) is 10.2 Å². The summed E-state index contributed by atoms with van der Waals surface area (Å²) < 4.78 is 7.01. The highest BCUT2D eigenvalue weighted by Crippen LogP contribution is 2.32. The molecule has 0 aliphatic carbocycles. The predicted molar refractivity (Wildman–Crippen MR) is 70.1 cm³/mol. The second-order valence-electron chi connectivity index (χ2n) is 4.44. The average Bonchev–Trinajstić information content (AvgIpc) is 3.01. The molecule has 2 aromatic rings. The molecule has 9 heteroatoms. The monoisotopic (exact) mass is 298 g/mol. The molecule has 0 saturated carbocycles. The number of rotatable bonds is 3. The number of aliphatic hydroxyl groups is 3. The third-order valence-corrected chi connectivity index (χ3v) is 4.00. The first-order valence-corrected chi connectivity index (χ1v) is 7.23. The van der Waals surface area contributed by atoms with Crippen molar-refractivity contribution in [3.05, 3.63) is 12.7 Å². The molecule has 0 radical (unpaired) electrons. The summed E-state index contributed by atoms with van der Waals surface area (Å²) in [7, 11) is 0. The van der Waals surface area contributed by atoms with Crippen LogP contribution in [0.2, 0.25) is 0 Å². The summed E-state index contributed by atoms with van der Waals surface area (Å²) in [4.78, 5) is 12.5. The Balaban J connectivity index is 2.03. The molecule has 3 heterocycles. The minimum atomic E-state index is -1.16. The van der Waals surface area contributed by atoms with Gasteiger partial charge in [-0.25, -0.2) is 15.0 Å². The number of ether oxygens (including phenoxy) is 1. The minimum Gasteiger partial charge on any atom is -0.394 e. The molecule has 3 N–H and O–H groups in total. The average molecular weight is 298 g/mol. The lowest BCUT2D eigenvalue weighted by Crippen LogP contribution is -2.33. The second kappa shape index (κ2) is 5.26. The first-order valence-electron chi connectivity index (χ1n) is 6.01. The summed E-state index contributed by atoms with van der Waals surface area (Å²) in [6.45, 7) is -0.369. The van der Waals surface area contributed by atoms with Crippen LogP contribution in [0.3, 0.4) is 0 Å². The van der Waals surface area contributed by atoms with Crippen molar-refractivity contribution >= 4 is 22.9 Å². The molecule has 20 heavy (non-hydrogen) atoms. The van der Waals surface area contributed by atoms with E-state index in [1.807, 2.05) is 6.26 Å². The Labute approximate surface area is 118 Å². The van der Waals surface area contributed by atoms with Gasteiger partial charge < -0.3 is 20.1 Å². The first-order chi connectivity index (χ1) is 9.67. The molecule has 4 atom stereocenters. The summed E-state index contributed by atoms with van der Waals surface area (Å²) in [5.41, 5.74) is 1.12. The van der Waals surface area contributed by atoms with Gasteiger partial charge in [-0.2, -0.15) is 0 Å². The van der Waals surface area contributed by atoms with E-state index < -0.39 is 24.5 Å². The van der Waals surface area contributed by atoms with E-state index in [2.05, 4.69) is 15.0 Å². The number of aliphatic hydroxyl groups excluding tert-OH is 3. The Hall–Kier alpha value is -1.26. The molecule has 108 valence electrons. The van der Waals surface area contributed by atoms with Gasteiger partial charge in [0.2, 0.25) is 0 Å². The Morgan fingerprint density at radius 2 is 2.10 bits per heavy atom. The number of hydrogen-bond acceptors (Lipinski definition) is 8. The van der Waals surface area contributed by atoms with Gasteiger partial charge in [-0.3, -0.25) is 4.57 Å². The standard InChI is InChI=1S/C11H14N4O4S/c1-20-10-6-9(12-3-13-10)15(4-14-6)11-8(18)7(17)5(2-16)19-11/h3-5,7-8,11,16-18H,2H2,1H3/t5-,7-,8-,11-/m1/s1. The van der Waals surface area contributed by atoms with Crippen molar-refractivity contribution in [3.63, 3.8) is 0 Å². The van der Waals surface area contributed by atoms with E-state index in [1.54, 1.807) is 4.57 Å². The maximum atomic E-state index is 10.0. The Bertz CT molecular complexity index is 621. The van der Waals surface area contributed by atoms with Crippen LogP contribution < -0.4 is 0 Å². The van der Waals surface area contributed by atoms with Gasteiger partial charge in [0.15, 0.2) is 11.9 Å². The molecule has 3 rings (SSSR count). The summed E-state index contributed by atoms with van der Waals surface area (Å²) >= 11 is 1.44. The van der Waals surface area contributed by atoms with Crippen molar-refractivity contribution in [2.75, 3.05) is 12.9 Å². The van der Waals surface area contributed by atoms with Crippen LogP contribution in [0.4, 0.5) is 0 Å². The van der Waals surface area contributed by atoms with Gasteiger partial charge in [0.1, 0.15) is 35.2 Å². The first kappa shape index (κ1) is 13.7. The molecule has 0 bridgehead atoms. The van der Waals surface area contributed by atoms with E-state index in [-0.39, 0.29) is 6.61 Å². The van der Waals surface area contributed by atoms with Gasteiger partial charge in [0.05, 0.1) is 12.9 Å². The van der Waals surface area contributed by atoms with E-state index in [0.717, 1.165) is 5.03 Å². The number of thioether (sulfide) groups is 1. The van der Waals surface area contributed by atoms with Gasteiger partial charge in [-0.1, -0.05) is 0 Å². The molecule has 8 nitrogen and oxygen atoms in total. The zero-order valence-corrected chi connectivity index (χ0v) is 11.4. The molecule has 0 unspecified atom stereocenters. The lowest BCUT2D eigenvalue weighted by Gasteiger charge is -2.16. The molecule has 1 fully saturated rings. The molecular formula is C11H14N4O4S. The van der Waals surface area contributed by atoms with E-state index in [1.165, 1.54) is 24.4 Å². The van der Waals surface area contributed by atoms with Crippen LogP contribution >= 0.6 is 11.8 Å². The maximum Gasteiger partial charge on any atom is 0.166 e. The number of hydrogen-bond donors (Lipinski definition) is 3. The van der Waals surface area contributed by atoms with E-state index in [0.29, 0.717) is 11.2 Å². The van der Waals surface area contributed by atoms with Crippen molar-refractivity contribution in [3.8, 4) is 0 Å². The van der Waals surface area contributed by atoms with Crippen LogP contribution in [0.5, 0.6) is 0 Å². The van der Waals surface area contributed by atoms with Gasteiger partial charge in [-0.05, 0) is 6.26 Å². The largest absolute Gasteiger partial charge is 0.394 e. The number of imidazole rings is 1. The van der Waals surface area contributed by atoms with Crippen LogP contribution in [0.15, 0.2) is 17.7 Å². The minimum absolute atomic E-state index is 0.369. The van der Waals surface area contributed by atoms with Crippen LogP contribution in [0, 0.1) is 0 Å². The third kappa shape index (κ3) is 1.98. The van der Waals surface area contributed by atoms with Gasteiger partial charge in [0, 0.05) is 0 Å². The van der Waals surface area contributed by atoms with Crippen LogP contribution in [-0.2, 0) is 4.74 Å². The molecule has 0 aromatic carbocycles. The number of fused-ring (bicyclic) bond motifs is 1. The van der Waals surface area contributed by atoms with Crippen molar-refractivity contribution in [1.29, 1.82) is 0 Å². The summed E-state index contributed by atoms with van der Waals surface area (Å²) in [6.07, 6.45) is 0.813. The van der Waals surface area contributed by atoms with Crippen molar-refractivity contribution in [2.24, 2.45) is 0 Å². The van der Waals surface area contributed by atoms with Gasteiger partial charge in [0.25, 0.3) is 0 Å². The van der Waals surface area contributed by atoms with Crippen LogP contribution in [0.1, 0.15) is 6.23 Å². The van der Waals surface area contributed by atoms with E-state index >= 15 is 0 Å². The Kier molecular flexibility index (Phi) is 3.61. The topological polar surface area (TPSA) is 114 Å². The van der Waals surface area contributed by atoms with Gasteiger partial charge >= 0.3 is 0 Å². The highest BCUT2D eigenvalue weighted by Gasteiger charge is 2.43. The summed E-state index contributed by atoms with van der Waals surface area (Å²) in [5.74, 6) is 0. The third-order valence-electron chi connectivity index (χ3n) is 3.31. The molecule has 1 aliphatic heterocycles. The fourth-order valence-electron chi connectivity index (χ4n) is 2.28. The maximum absolute atomic E-state index is 10.0. The fourth-order valence-corrected chi connectivity index (χ4v) is 2.77. The smallest absolute Gasteiger partial charge is 0.166 e. The predicted octanol–water partition coefficient (Wildman–Crippen LogP) is -0.840. The summed E-state index contributed by atoms with van der Waals surface area (Å²) in [5, 5.41) is 29.7. The molecule has 1 saturated heterocycles. The molecular weight excluding hydrogens is 284 g/mol. The highest BCUT2D eigenvalue weighted by atomic mass is 32.2. The molecule has 2 aromatic heterocycles. The fraction of sp³-hybridized carbons (Fsp3) is 0.545. The van der Waals surface area contributed by atoms with Crippen molar-refractivity contribution in [2.45, 2.75) is 29.6 Å². The Morgan fingerprint density at radius 3 is 2.75 bits per heavy atom. The molecule has 0 amide bonds. The SMILES string of the molecule is CSc1ncnc2c1ncn2[C@@H]1O[C@H](CO)[C@@H](O)[C@H]1O. The zero-order chi connectivity index (χ0) is 14.3. The number of nitrogens with zero attached hydrogens (tertiary/aromatic N) is 4. The lowest BCUT2D eigenvalue weighted by atomic mass is 10.1. The Morgan fingerprint density at radius 1 is 1.30 bits per heavy atom.